The number of hydrogen-bond acceptors (Lipinski definition) is 5. The Labute approximate surface area is 103 Å². The van der Waals surface area contributed by atoms with Crippen molar-refractivity contribution in [2.24, 2.45) is 7.05 Å². The maximum atomic E-state index is 12.2. The van der Waals surface area contributed by atoms with Crippen molar-refractivity contribution < 1.29 is 13.3 Å². The summed E-state index contributed by atoms with van der Waals surface area (Å²) in [6.45, 7) is 0. The Hall–Kier alpha value is -2.22. The minimum absolute atomic E-state index is 0.0215. The van der Waals surface area contributed by atoms with Gasteiger partial charge in [-0.2, -0.15) is 4.98 Å². The minimum atomic E-state index is -3.97. The Morgan fingerprint density at radius 2 is 1.89 bits per heavy atom. The molecular weight excluding hydrogens is 258 g/mol. The van der Waals surface area contributed by atoms with Crippen LogP contribution in [0.4, 0.5) is 5.82 Å². The Morgan fingerprint density at radius 1 is 1.28 bits per heavy atom. The minimum Gasteiger partial charge on any atom is -0.358 e. The predicted molar refractivity (Wildman–Crippen MR) is 61.8 cm³/mol. The molecule has 8 heteroatoms. The summed E-state index contributed by atoms with van der Waals surface area (Å²) in [6.07, 6.45) is 1.11. The number of nitro groups is 1. The van der Waals surface area contributed by atoms with Crippen LogP contribution in [-0.4, -0.2) is 22.9 Å². The van der Waals surface area contributed by atoms with E-state index in [9.17, 15) is 18.5 Å². The molecule has 0 aliphatic heterocycles. The maximum absolute atomic E-state index is 12.2. The van der Waals surface area contributed by atoms with Gasteiger partial charge in [-0.3, -0.25) is 0 Å². The number of sulfone groups is 1. The van der Waals surface area contributed by atoms with Crippen molar-refractivity contribution in [3.05, 3.63) is 46.8 Å². The van der Waals surface area contributed by atoms with Crippen LogP contribution in [-0.2, 0) is 16.9 Å². The van der Waals surface area contributed by atoms with Gasteiger partial charge in [0.25, 0.3) is 5.03 Å². The highest BCUT2D eigenvalue weighted by molar-refractivity contribution is 7.91. The van der Waals surface area contributed by atoms with Gasteiger partial charge in [-0.25, -0.2) is 13.0 Å². The zero-order chi connectivity index (χ0) is 13.3. The van der Waals surface area contributed by atoms with Crippen molar-refractivity contribution in [3.63, 3.8) is 0 Å². The molecule has 2 rings (SSSR count). The highest BCUT2D eigenvalue weighted by Gasteiger charge is 2.31. The van der Waals surface area contributed by atoms with E-state index >= 15 is 0 Å². The van der Waals surface area contributed by atoms with Crippen LogP contribution in [0.3, 0.4) is 0 Å². The second-order valence-corrected chi connectivity index (χ2v) is 5.42. The summed E-state index contributed by atoms with van der Waals surface area (Å²) in [7, 11) is -2.60. The van der Waals surface area contributed by atoms with Crippen molar-refractivity contribution in [1.82, 2.24) is 9.55 Å². The molecule has 0 bridgehead atoms. The van der Waals surface area contributed by atoms with Crippen molar-refractivity contribution in [1.29, 1.82) is 0 Å². The molecule has 2 aromatic rings. The quantitative estimate of drug-likeness (QED) is 0.614. The molecule has 0 amide bonds. The van der Waals surface area contributed by atoms with Crippen molar-refractivity contribution in [3.8, 4) is 0 Å². The van der Waals surface area contributed by atoms with E-state index in [-0.39, 0.29) is 4.90 Å². The fraction of sp³-hybridized carbons (Fsp3) is 0.100. The third-order valence-corrected chi connectivity index (χ3v) is 4.04. The molecule has 0 saturated carbocycles. The van der Waals surface area contributed by atoms with Crippen molar-refractivity contribution in [2.45, 2.75) is 9.92 Å². The summed E-state index contributed by atoms with van der Waals surface area (Å²) in [4.78, 5) is 13.7. The molecule has 0 aliphatic rings. The molecule has 0 spiro atoms. The van der Waals surface area contributed by atoms with Crippen LogP contribution in [0.15, 0.2) is 46.6 Å². The van der Waals surface area contributed by atoms with Crippen LogP contribution >= 0.6 is 0 Å². The molecule has 1 aromatic carbocycles. The van der Waals surface area contributed by atoms with E-state index in [1.165, 1.54) is 19.2 Å². The number of aromatic nitrogens is 2. The van der Waals surface area contributed by atoms with E-state index < -0.39 is 25.6 Å². The fourth-order valence-electron chi connectivity index (χ4n) is 1.51. The Morgan fingerprint density at radius 3 is 2.44 bits per heavy atom. The van der Waals surface area contributed by atoms with Gasteiger partial charge in [0.05, 0.1) is 11.9 Å². The topological polar surface area (TPSA) is 95.1 Å². The average Bonchev–Trinajstić information content (AvgIpc) is 2.73. The summed E-state index contributed by atoms with van der Waals surface area (Å²) < 4.78 is 25.4. The van der Waals surface area contributed by atoms with Crippen LogP contribution in [0.5, 0.6) is 0 Å². The molecular formula is C10H9N3O4S. The second kappa shape index (κ2) is 4.22. The zero-order valence-electron chi connectivity index (χ0n) is 9.35. The first kappa shape index (κ1) is 12.2. The summed E-state index contributed by atoms with van der Waals surface area (Å²) in [5.74, 6) is -0.543. The van der Waals surface area contributed by atoms with Gasteiger partial charge in [-0.1, -0.05) is 18.2 Å². The number of hydrogen-bond donors (Lipinski definition) is 0. The molecule has 0 N–H and O–H groups in total. The van der Waals surface area contributed by atoms with Crippen LogP contribution in [0, 0.1) is 10.1 Å². The van der Waals surface area contributed by atoms with E-state index in [2.05, 4.69) is 4.98 Å². The van der Waals surface area contributed by atoms with E-state index in [4.69, 9.17) is 0 Å². The zero-order valence-corrected chi connectivity index (χ0v) is 10.2. The Kier molecular flexibility index (Phi) is 2.87. The van der Waals surface area contributed by atoms with Gasteiger partial charge in [0.2, 0.25) is 9.84 Å². The number of rotatable bonds is 3. The first-order chi connectivity index (χ1) is 8.44. The maximum Gasteiger partial charge on any atom is 0.362 e. The molecule has 0 aliphatic carbocycles. The normalized spacial score (nSPS) is 11.4. The standard InChI is InChI=1S/C10H9N3O4S/c1-12-7-11-9(10(12)13(14)15)18(16,17)8-5-3-2-4-6-8/h2-7H,1H3. The average molecular weight is 267 g/mol. The monoisotopic (exact) mass is 267 g/mol. The number of imidazole rings is 1. The third-order valence-electron chi connectivity index (χ3n) is 2.35. The Balaban J connectivity index is 2.67. The summed E-state index contributed by atoms with van der Waals surface area (Å²) in [5.41, 5.74) is 0. The predicted octanol–water partition coefficient (Wildman–Crippen LogP) is 1.16. The molecule has 0 fully saturated rings. The molecule has 0 radical (unpaired) electrons. The lowest BCUT2D eigenvalue weighted by atomic mass is 10.4. The number of benzene rings is 1. The van der Waals surface area contributed by atoms with Gasteiger partial charge >= 0.3 is 5.82 Å². The van der Waals surface area contributed by atoms with E-state index in [1.54, 1.807) is 18.2 Å². The molecule has 18 heavy (non-hydrogen) atoms. The molecule has 7 nitrogen and oxygen atoms in total. The Bertz CT molecular complexity index is 691. The first-order valence-electron chi connectivity index (χ1n) is 4.90. The second-order valence-electron chi connectivity index (χ2n) is 3.56. The lowest BCUT2D eigenvalue weighted by Crippen LogP contribution is -2.07. The van der Waals surface area contributed by atoms with E-state index in [1.807, 2.05) is 0 Å². The largest absolute Gasteiger partial charge is 0.362 e. The molecule has 0 saturated heterocycles. The van der Waals surface area contributed by atoms with Crippen LogP contribution in [0.1, 0.15) is 0 Å². The molecule has 0 unspecified atom stereocenters. The van der Waals surface area contributed by atoms with E-state index in [0.717, 1.165) is 10.9 Å². The summed E-state index contributed by atoms with van der Waals surface area (Å²) in [5, 5.41) is 10.3. The summed E-state index contributed by atoms with van der Waals surface area (Å²) >= 11 is 0. The molecule has 1 heterocycles. The lowest BCUT2D eigenvalue weighted by molar-refractivity contribution is -0.394. The van der Waals surface area contributed by atoms with Crippen molar-refractivity contribution >= 4 is 15.7 Å². The van der Waals surface area contributed by atoms with Crippen LogP contribution in [0.2, 0.25) is 0 Å². The SMILES string of the molecule is Cn1cnc(S(=O)(=O)c2ccccc2)c1[N+](=O)[O-]. The van der Waals surface area contributed by atoms with Gasteiger partial charge in [0, 0.05) is 0 Å². The lowest BCUT2D eigenvalue weighted by Gasteiger charge is -2.01. The molecule has 1 aromatic heterocycles. The molecule has 0 atom stereocenters. The van der Waals surface area contributed by atoms with Crippen LogP contribution < -0.4 is 0 Å². The highest BCUT2D eigenvalue weighted by Crippen LogP contribution is 2.27. The third kappa shape index (κ3) is 1.86. The number of aryl methyl sites for hydroxylation is 1. The van der Waals surface area contributed by atoms with Gasteiger partial charge in [0.1, 0.15) is 0 Å². The number of nitrogens with zero attached hydrogens (tertiary/aromatic N) is 3. The van der Waals surface area contributed by atoms with Gasteiger partial charge in [-0.05, 0) is 17.1 Å². The van der Waals surface area contributed by atoms with Gasteiger partial charge < -0.3 is 10.1 Å². The fourth-order valence-corrected chi connectivity index (χ4v) is 2.89. The van der Waals surface area contributed by atoms with Gasteiger partial charge in [-0.15, -0.1) is 0 Å². The van der Waals surface area contributed by atoms with Crippen molar-refractivity contribution in [2.75, 3.05) is 0 Å². The van der Waals surface area contributed by atoms with Crippen LogP contribution in [0.25, 0.3) is 0 Å². The van der Waals surface area contributed by atoms with Gasteiger partial charge in [0.15, 0.2) is 6.33 Å². The highest BCUT2D eigenvalue weighted by atomic mass is 32.2. The smallest absolute Gasteiger partial charge is 0.358 e. The van der Waals surface area contributed by atoms with E-state index in [0.29, 0.717) is 0 Å². The molecule has 94 valence electrons. The summed E-state index contributed by atoms with van der Waals surface area (Å²) in [6, 6.07) is 7.48. The first-order valence-corrected chi connectivity index (χ1v) is 6.39.